The zero-order valence-electron chi connectivity index (χ0n) is 15.5. The van der Waals surface area contributed by atoms with Crippen molar-refractivity contribution < 1.29 is 19.4 Å². The molecule has 1 atom stereocenters. The van der Waals surface area contributed by atoms with Gasteiger partial charge in [0.1, 0.15) is 18.1 Å². The molecule has 0 fully saturated rings. The first kappa shape index (κ1) is 19.2. The molecule has 0 spiro atoms. The fourth-order valence-corrected chi connectivity index (χ4v) is 2.83. The molecule has 0 heterocycles. The Bertz CT molecular complexity index is 919. The van der Waals surface area contributed by atoms with Crippen molar-refractivity contribution in [2.75, 3.05) is 7.11 Å². The fourth-order valence-electron chi connectivity index (χ4n) is 2.83. The van der Waals surface area contributed by atoms with Crippen LogP contribution in [0.5, 0.6) is 11.5 Å². The predicted octanol–water partition coefficient (Wildman–Crippen LogP) is 5.15. The van der Waals surface area contributed by atoms with Gasteiger partial charge in [-0.2, -0.15) is 4.99 Å². The molecule has 3 aromatic rings. The van der Waals surface area contributed by atoms with Crippen LogP contribution in [-0.2, 0) is 6.61 Å². The van der Waals surface area contributed by atoms with Crippen LogP contribution in [0.1, 0.15) is 22.6 Å². The lowest BCUT2D eigenvalue weighted by Gasteiger charge is -2.14. The second-order valence-electron chi connectivity index (χ2n) is 6.15. The molecular weight excluding hydrogens is 354 g/mol. The summed E-state index contributed by atoms with van der Waals surface area (Å²) in [5.41, 5.74) is 2.93. The number of methoxy groups -OCH3 is 1. The quantitative estimate of drug-likeness (QED) is 0.580. The zero-order valence-corrected chi connectivity index (χ0v) is 15.5. The molecule has 0 aliphatic heterocycles. The Hall–Kier alpha value is -3.60. The standard InChI is InChI=1S/C23H21NO4/c1-27-20-11-7-18(8-12-20)22(15-24-23(25)26)19-9-13-21(14-10-19)28-16-17-5-3-2-4-6-17/h2-15,22H,16H2,1H3,(H,25,26). The molecule has 1 N–H and O–H groups in total. The summed E-state index contributed by atoms with van der Waals surface area (Å²) in [6, 6.07) is 25.0. The van der Waals surface area contributed by atoms with E-state index in [0.717, 1.165) is 28.2 Å². The number of carbonyl (C=O) groups is 1. The van der Waals surface area contributed by atoms with E-state index in [1.54, 1.807) is 7.11 Å². The molecule has 0 saturated heterocycles. The average molecular weight is 375 g/mol. The number of aliphatic imine (C=N–C) groups is 1. The minimum Gasteiger partial charge on any atom is -0.497 e. The third kappa shape index (κ3) is 5.20. The van der Waals surface area contributed by atoms with E-state index in [1.165, 1.54) is 6.21 Å². The van der Waals surface area contributed by atoms with Crippen LogP contribution in [0.25, 0.3) is 0 Å². The molecule has 28 heavy (non-hydrogen) atoms. The Balaban J connectivity index is 1.78. The van der Waals surface area contributed by atoms with Gasteiger partial charge in [0.05, 0.1) is 7.11 Å². The van der Waals surface area contributed by atoms with Gasteiger partial charge in [0.15, 0.2) is 0 Å². The summed E-state index contributed by atoms with van der Waals surface area (Å²) < 4.78 is 11.0. The highest BCUT2D eigenvalue weighted by molar-refractivity contribution is 5.83. The van der Waals surface area contributed by atoms with E-state index in [4.69, 9.17) is 14.6 Å². The summed E-state index contributed by atoms with van der Waals surface area (Å²) in [6.07, 6.45) is 0.214. The van der Waals surface area contributed by atoms with Crippen molar-refractivity contribution >= 4 is 12.3 Å². The van der Waals surface area contributed by atoms with Gasteiger partial charge in [0.2, 0.25) is 0 Å². The maximum atomic E-state index is 10.9. The minimum absolute atomic E-state index is 0.287. The third-order valence-corrected chi connectivity index (χ3v) is 4.30. The van der Waals surface area contributed by atoms with E-state index in [0.29, 0.717) is 6.61 Å². The molecule has 3 rings (SSSR count). The second kappa shape index (κ2) is 9.37. The highest BCUT2D eigenvalue weighted by Gasteiger charge is 2.13. The number of ether oxygens (including phenoxy) is 2. The van der Waals surface area contributed by atoms with Crippen molar-refractivity contribution in [3.05, 3.63) is 95.6 Å². The summed E-state index contributed by atoms with van der Waals surface area (Å²) in [4.78, 5) is 14.5. The van der Waals surface area contributed by atoms with E-state index in [1.807, 2.05) is 78.9 Å². The van der Waals surface area contributed by atoms with Crippen LogP contribution in [0.2, 0.25) is 0 Å². The van der Waals surface area contributed by atoms with E-state index in [-0.39, 0.29) is 5.92 Å². The van der Waals surface area contributed by atoms with Crippen LogP contribution in [0.15, 0.2) is 83.9 Å². The SMILES string of the molecule is COc1ccc(C(C=NC(=O)O)c2ccc(OCc3ccccc3)cc2)cc1. The molecule has 0 saturated carbocycles. The van der Waals surface area contributed by atoms with Crippen molar-refractivity contribution in [1.29, 1.82) is 0 Å². The Morgan fingerprint density at radius 1 is 0.929 bits per heavy atom. The second-order valence-corrected chi connectivity index (χ2v) is 6.15. The normalized spacial score (nSPS) is 11.9. The van der Waals surface area contributed by atoms with Gasteiger partial charge in [-0.05, 0) is 41.0 Å². The maximum absolute atomic E-state index is 10.9. The van der Waals surface area contributed by atoms with Gasteiger partial charge < -0.3 is 14.6 Å². The minimum atomic E-state index is -1.22. The van der Waals surface area contributed by atoms with Crippen molar-refractivity contribution in [2.24, 2.45) is 4.99 Å². The Morgan fingerprint density at radius 2 is 1.50 bits per heavy atom. The summed E-state index contributed by atoms with van der Waals surface area (Å²) in [7, 11) is 1.60. The van der Waals surface area contributed by atoms with Gasteiger partial charge in [-0.25, -0.2) is 4.79 Å². The number of nitrogens with zero attached hydrogens (tertiary/aromatic N) is 1. The van der Waals surface area contributed by atoms with Crippen LogP contribution in [0, 0.1) is 0 Å². The number of benzene rings is 3. The largest absolute Gasteiger partial charge is 0.497 e. The smallest absolute Gasteiger partial charge is 0.430 e. The molecule has 0 radical (unpaired) electrons. The number of amides is 1. The zero-order chi connectivity index (χ0) is 19.8. The van der Waals surface area contributed by atoms with Gasteiger partial charge in [-0.15, -0.1) is 0 Å². The summed E-state index contributed by atoms with van der Waals surface area (Å²) in [5, 5.41) is 8.92. The number of rotatable bonds is 7. The first-order chi connectivity index (χ1) is 13.7. The molecule has 1 unspecified atom stereocenters. The lowest BCUT2D eigenvalue weighted by molar-refractivity contribution is 0.206. The summed E-state index contributed by atoms with van der Waals surface area (Å²) in [6.45, 7) is 0.489. The molecule has 5 heteroatoms. The van der Waals surface area contributed by atoms with Crippen LogP contribution in [0.4, 0.5) is 4.79 Å². The van der Waals surface area contributed by atoms with Crippen molar-refractivity contribution in [2.45, 2.75) is 12.5 Å². The van der Waals surface area contributed by atoms with Crippen molar-refractivity contribution in [3.8, 4) is 11.5 Å². The van der Waals surface area contributed by atoms with Gasteiger partial charge in [0.25, 0.3) is 0 Å². The van der Waals surface area contributed by atoms with Gasteiger partial charge in [-0.3, -0.25) is 0 Å². The first-order valence-electron chi connectivity index (χ1n) is 8.83. The first-order valence-corrected chi connectivity index (χ1v) is 8.83. The van der Waals surface area contributed by atoms with Crippen LogP contribution in [0.3, 0.4) is 0 Å². The van der Waals surface area contributed by atoms with Crippen molar-refractivity contribution in [1.82, 2.24) is 0 Å². The van der Waals surface area contributed by atoms with E-state index >= 15 is 0 Å². The molecule has 0 aliphatic rings. The third-order valence-electron chi connectivity index (χ3n) is 4.30. The number of hydrogen-bond acceptors (Lipinski definition) is 3. The Morgan fingerprint density at radius 3 is 2.04 bits per heavy atom. The molecule has 3 aromatic carbocycles. The van der Waals surface area contributed by atoms with E-state index < -0.39 is 6.09 Å². The lowest BCUT2D eigenvalue weighted by atomic mass is 9.92. The molecule has 1 amide bonds. The number of hydrogen-bond donors (Lipinski definition) is 1. The molecular formula is C23H21NO4. The summed E-state index contributed by atoms with van der Waals surface area (Å²) in [5.74, 6) is 1.20. The topological polar surface area (TPSA) is 68.1 Å². The molecule has 0 aliphatic carbocycles. The van der Waals surface area contributed by atoms with Crippen molar-refractivity contribution in [3.63, 3.8) is 0 Å². The van der Waals surface area contributed by atoms with E-state index in [2.05, 4.69) is 4.99 Å². The fraction of sp³-hybridized carbons (Fsp3) is 0.130. The van der Waals surface area contributed by atoms with Crippen LogP contribution >= 0.6 is 0 Å². The van der Waals surface area contributed by atoms with Gasteiger partial charge in [-0.1, -0.05) is 54.6 Å². The van der Waals surface area contributed by atoms with Crippen LogP contribution < -0.4 is 9.47 Å². The Labute approximate surface area is 163 Å². The average Bonchev–Trinajstić information content (AvgIpc) is 2.74. The predicted molar refractivity (Wildman–Crippen MR) is 109 cm³/mol. The van der Waals surface area contributed by atoms with Gasteiger partial charge >= 0.3 is 6.09 Å². The maximum Gasteiger partial charge on any atom is 0.430 e. The van der Waals surface area contributed by atoms with Crippen LogP contribution in [-0.4, -0.2) is 24.5 Å². The lowest BCUT2D eigenvalue weighted by Crippen LogP contribution is -2.04. The monoisotopic (exact) mass is 375 g/mol. The number of carboxylic acid groups (broad SMARTS) is 1. The Kier molecular flexibility index (Phi) is 6.41. The molecule has 5 nitrogen and oxygen atoms in total. The highest BCUT2D eigenvalue weighted by atomic mass is 16.5. The van der Waals surface area contributed by atoms with E-state index in [9.17, 15) is 4.79 Å². The summed E-state index contributed by atoms with van der Waals surface area (Å²) >= 11 is 0. The van der Waals surface area contributed by atoms with Gasteiger partial charge in [0, 0.05) is 12.1 Å². The molecule has 142 valence electrons. The molecule has 0 bridgehead atoms. The molecule has 0 aromatic heterocycles. The highest BCUT2D eigenvalue weighted by Crippen LogP contribution is 2.27.